The quantitative estimate of drug-likeness (QED) is 0.921. The molecular formula is C15H21BrN2O. The number of morpholine rings is 1. The molecule has 1 aromatic carbocycles. The Morgan fingerprint density at radius 1 is 1.37 bits per heavy atom. The highest BCUT2D eigenvalue weighted by Crippen LogP contribution is 2.29. The molecule has 2 aliphatic rings. The van der Waals surface area contributed by atoms with Gasteiger partial charge in [0.1, 0.15) is 0 Å². The second kappa shape index (κ2) is 6.25. The molecule has 3 nitrogen and oxygen atoms in total. The summed E-state index contributed by atoms with van der Waals surface area (Å²) in [6.07, 6.45) is 4.38. The minimum atomic E-state index is 0.500. The van der Waals surface area contributed by atoms with Crippen LogP contribution in [0.5, 0.6) is 0 Å². The van der Waals surface area contributed by atoms with E-state index < -0.39 is 0 Å². The second-order valence-electron chi connectivity index (χ2n) is 5.38. The van der Waals surface area contributed by atoms with Crippen LogP contribution in [0, 0.1) is 0 Å². The first-order valence-corrected chi connectivity index (χ1v) is 7.97. The summed E-state index contributed by atoms with van der Waals surface area (Å²) in [5.41, 5.74) is 1.19. The third-order valence-corrected chi connectivity index (χ3v) is 4.64. The predicted molar refractivity (Wildman–Crippen MR) is 81.6 cm³/mol. The largest absolute Gasteiger partial charge is 0.384 e. The molecule has 4 heteroatoms. The smallest absolute Gasteiger partial charge is 0.0730 e. The Bertz CT molecular complexity index is 426. The van der Waals surface area contributed by atoms with Crippen LogP contribution >= 0.6 is 15.9 Å². The van der Waals surface area contributed by atoms with Crippen LogP contribution in [0.2, 0.25) is 0 Å². The van der Waals surface area contributed by atoms with E-state index in [4.69, 9.17) is 4.74 Å². The highest BCUT2D eigenvalue weighted by atomic mass is 79.9. The molecule has 1 aromatic rings. The van der Waals surface area contributed by atoms with E-state index in [9.17, 15) is 0 Å². The standard InChI is InChI=1S/C15H21BrN2O/c16-12-3-1-4-13(11-12)17-7-8-18-9-10-19-15-6-2-5-14(15)18/h1,3-4,11,14-15,17H,2,5-10H2. The van der Waals surface area contributed by atoms with Crippen molar-refractivity contribution in [2.24, 2.45) is 0 Å². The van der Waals surface area contributed by atoms with Crippen molar-refractivity contribution < 1.29 is 4.74 Å². The molecule has 1 N–H and O–H groups in total. The van der Waals surface area contributed by atoms with Crippen molar-refractivity contribution in [2.45, 2.75) is 31.4 Å². The van der Waals surface area contributed by atoms with Crippen molar-refractivity contribution in [2.75, 3.05) is 31.6 Å². The molecule has 1 aliphatic carbocycles. The van der Waals surface area contributed by atoms with Crippen LogP contribution < -0.4 is 5.32 Å². The molecule has 1 aliphatic heterocycles. The van der Waals surface area contributed by atoms with Gasteiger partial charge in [-0.15, -0.1) is 0 Å². The Labute approximate surface area is 123 Å². The number of nitrogens with zero attached hydrogens (tertiary/aromatic N) is 1. The topological polar surface area (TPSA) is 24.5 Å². The molecule has 2 fully saturated rings. The van der Waals surface area contributed by atoms with Gasteiger partial charge in [-0.1, -0.05) is 22.0 Å². The third kappa shape index (κ3) is 3.30. The van der Waals surface area contributed by atoms with Gasteiger partial charge in [0.2, 0.25) is 0 Å². The molecule has 1 saturated heterocycles. The average Bonchev–Trinajstić information content (AvgIpc) is 2.88. The number of nitrogens with one attached hydrogen (secondary N) is 1. The molecule has 0 radical (unpaired) electrons. The van der Waals surface area contributed by atoms with Gasteiger partial charge in [-0.3, -0.25) is 4.90 Å². The van der Waals surface area contributed by atoms with Gasteiger partial charge in [0.05, 0.1) is 12.7 Å². The average molecular weight is 325 g/mol. The molecule has 104 valence electrons. The van der Waals surface area contributed by atoms with E-state index in [1.165, 1.54) is 24.9 Å². The van der Waals surface area contributed by atoms with Gasteiger partial charge in [0, 0.05) is 35.8 Å². The number of hydrogen-bond acceptors (Lipinski definition) is 3. The number of halogens is 1. The first kappa shape index (κ1) is 13.4. The van der Waals surface area contributed by atoms with Crippen molar-refractivity contribution in [3.63, 3.8) is 0 Å². The number of rotatable bonds is 4. The van der Waals surface area contributed by atoms with E-state index in [1.54, 1.807) is 0 Å². The summed E-state index contributed by atoms with van der Waals surface area (Å²) < 4.78 is 6.97. The maximum Gasteiger partial charge on any atom is 0.0730 e. The normalized spacial score (nSPS) is 27.2. The van der Waals surface area contributed by atoms with Crippen LogP contribution in [0.1, 0.15) is 19.3 Å². The van der Waals surface area contributed by atoms with Crippen LogP contribution in [-0.2, 0) is 4.74 Å². The van der Waals surface area contributed by atoms with E-state index in [-0.39, 0.29) is 0 Å². The van der Waals surface area contributed by atoms with Crippen molar-refractivity contribution >= 4 is 21.6 Å². The lowest BCUT2D eigenvalue weighted by Crippen LogP contribution is -2.49. The Morgan fingerprint density at radius 2 is 2.32 bits per heavy atom. The molecule has 3 rings (SSSR count). The molecular weight excluding hydrogens is 304 g/mol. The second-order valence-corrected chi connectivity index (χ2v) is 6.30. The molecule has 1 saturated carbocycles. The van der Waals surface area contributed by atoms with Crippen LogP contribution in [0.15, 0.2) is 28.7 Å². The molecule has 2 atom stereocenters. The summed E-state index contributed by atoms with van der Waals surface area (Å²) >= 11 is 3.50. The summed E-state index contributed by atoms with van der Waals surface area (Å²) in [6.45, 7) is 4.09. The summed E-state index contributed by atoms with van der Waals surface area (Å²) in [6, 6.07) is 9.02. The number of hydrogen-bond donors (Lipinski definition) is 1. The fourth-order valence-corrected chi connectivity index (χ4v) is 3.62. The number of fused-ring (bicyclic) bond motifs is 1. The zero-order valence-electron chi connectivity index (χ0n) is 11.1. The van der Waals surface area contributed by atoms with Gasteiger partial charge in [0.25, 0.3) is 0 Å². The zero-order valence-corrected chi connectivity index (χ0v) is 12.7. The Morgan fingerprint density at radius 3 is 3.21 bits per heavy atom. The molecule has 0 amide bonds. The fraction of sp³-hybridized carbons (Fsp3) is 0.600. The van der Waals surface area contributed by atoms with E-state index in [2.05, 4.69) is 50.4 Å². The number of benzene rings is 1. The number of anilines is 1. The van der Waals surface area contributed by atoms with Gasteiger partial charge < -0.3 is 10.1 Å². The van der Waals surface area contributed by atoms with Crippen LogP contribution in [0.25, 0.3) is 0 Å². The molecule has 0 aromatic heterocycles. The van der Waals surface area contributed by atoms with Gasteiger partial charge >= 0.3 is 0 Å². The molecule has 0 spiro atoms. The summed E-state index contributed by atoms with van der Waals surface area (Å²) in [4.78, 5) is 2.60. The first-order chi connectivity index (χ1) is 9.33. The SMILES string of the molecule is Brc1cccc(NCCN2CCOC3CCCC32)c1. The van der Waals surface area contributed by atoms with E-state index in [0.717, 1.165) is 30.7 Å². The Kier molecular flexibility index (Phi) is 4.41. The van der Waals surface area contributed by atoms with Gasteiger partial charge in [-0.25, -0.2) is 0 Å². The summed E-state index contributed by atoms with van der Waals surface area (Å²) in [5, 5.41) is 3.50. The maximum atomic E-state index is 5.84. The van der Waals surface area contributed by atoms with Crippen molar-refractivity contribution in [1.82, 2.24) is 4.90 Å². The maximum absolute atomic E-state index is 5.84. The summed E-state index contributed by atoms with van der Waals surface area (Å²) in [7, 11) is 0. The highest BCUT2D eigenvalue weighted by Gasteiger charge is 2.35. The number of ether oxygens (including phenoxy) is 1. The molecule has 19 heavy (non-hydrogen) atoms. The Balaban J connectivity index is 1.49. The molecule has 2 unspecified atom stereocenters. The van der Waals surface area contributed by atoms with E-state index in [1.807, 2.05) is 0 Å². The fourth-order valence-electron chi connectivity index (χ4n) is 3.23. The van der Waals surface area contributed by atoms with E-state index >= 15 is 0 Å². The molecule has 1 heterocycles. The van der Waals surface area contributed by atoms with Crippen molar-refractivity contribution in [3.05, 3.63) is 28.7 Å². The lowest BCUT2D eigenvalue weighted by molar-refractivity contribution is -0.0539. The molecule has 0 bridgehead atoms. The van der Waals surface area contributed by atoms with Crippen LogP contribution in [0.3, 0.4) is 0 Å². The van der Waals surface area contributed by atoms with Gasteiger partial charge in [-0.2, -0.15) is 0 Å². The first-order valence-electron chi connectivity index (χ1n) is 7.18. The highest BCUT2D eigenvalue weighted by molar-refractivity contribution is 9.10. The van der Waals surface area contributed by atoms with Crippen molar-refractivity contribution in [3.8, 4) is 0 Å². The van der Waals surface area contributed by atoms with Crippen LogP contribution in [0.4, 0.5) is 5.69 Å². The van der Waals surface area contributed by atoms with Crippen molar-refractivity contribution in [1.29, 1.82) is 0 Å². The lowest BCUT2D eigenvalue weighted by Gasteiger charge is -2.37. The minimum Gasteiger partial charge on any atom is -0.384 e. The van der Waals surface area contributed by atoms with E-state index in [0.29, 0.717) is 12.1 Å². The third-order valence-electron chi connectivity index (χ3n) is 4.15. The van der Waals surface area contributed by atoms with Gasteiger partial charge in [-0.05, 0) is 37.5 Å². The predicted octanol–water partition coefficient (Wildman–Crippen LogP) is 3.11. The zero-order chi connectivity index (χ0) is 13.1. The van der Waals surface area contributed by atoms with Gasteiger partial charge in [0.15, 0.2) is 0 Å². The summed E-state index contributed by atoms with van der Waals surface area (Å²) in [5.74, 6) is 0. The lowest BCUT2D eigenvalue weighted by atomic mass is 10.1. The monoisotopic (exact) mass is 324 g/mol. The van der Waals surface area contributed by atoms with Crippen LogP contribution in [-0.4, -0.2) is 43.3 Å². The Hall–Kier alpha value is -0.580. The minimum absolute atomic E-state index is 0.500.